The van der Waals surface area contributed by atoms with Crippen LogP contribution in [0.2, 0.25) is 0 Å². The minimum Gasteiger partial charge on any atom is -0.357 e. The number of anilines is 1. The van der Waals surface area contributed by atoms with Gasteiger partial charge in [0.1, 0.15) is 5.65 Å². The average molecular weight is 287 g/mol. The minimum atomic E-state index is 0.630. The molecule has 0 radical (unpaired) electrons. The van der Waals surface area contributed by atoms with E-state index in [-0.39, 0.29) is 0 Å². The van der Waals surface area contributed by atoms with E-state index in [1.165, 1.54) is 25.1 Å². The molecule has 5 heteroatoms. The van der Waals surface area contributed by atoms with Crippen molar-refractivity contribution >= 4 is 11.5 Å². The molecule has 2 aromatic rings. The van der Waals surface area contributed by atoms with Gasteiger partial charge in [-0.1, -0.05) is 6.07 Å². The molecule has 2 aromatic heterocycles. The second kappa shape index (κ2) is 6.03. The van der Waals surface area contributed by atoms with E-state index in [0.717, 1.165) is 24.4 Å². The van der Waals surface area contributed by atoms with E-state index in [9.17, 15) is 0 Å². The van der Waals surface area contributed by atoms with E-state index in [0.29, 0.717) is 12.6 Å². The first-order valence-corrected chi connectivity index (χ1v) is 7.78. The summed E-state index contributed by atoms with van der Waals surface area (Å²) in [6.45, 7) is 2.88. The molecule has 0 amide bonds. The summed E-state index contributed by atoms with van der Waals surface area (Å²) < 4.78 is 2.16. The monoisotopic (exact) mass is 287 g/mol. The molecule has 0 aromatic carbocycles. The Bertz CT molecular complexity index is 606. The van der Waals surface area contributed by atoms with Crippen molar-refractivity contribution in [1.82, 2.24) is 14.3 Å². The summed E-state index contributed by atoms with van der Waals surface area (Å²) in [6.07, 6.45) is 5.51. The number of rotatable bonds is 5. The van der Waals surface area contributed by atoms with Crippen molar-refractivity contribution in [2.75, 3.05) is 38.6 Å². The van der Waals surface area contributed by atoms with E-state index in [2.05, 4.69) is 40.6 Å². The van der Waals surface area contributed by atoms with Crippen molar-refractivity contribution in [2.45, 2.75) is 25.3 Å². The van der Waals surface area contributed by atoms with Crippen molar-refractivity contribution in [2.24, 2.45) is 5.73 Å². The molecule has 1 saturated heterocycles. The molecular formula is C16H25N5. The largest absolute Gasteiger partial charge is 0.357 e. The second-order valence-electron chi connectivity index (χ2n) is 6.01. The molecule has 5 nitrogen and oxygen atoms in total. The Hall–Kier alpha value is -1.59. The molecule has 1 atom stereocenters. The molecule has 1 aliphatic heterocycles. The first-order valence-electron chi connectivity index (χ1n) is 7.78. The molecule has 0 bridgehead atoms. The first kappa shape index (κ1) is 14.4. The molecule has 0 spiro atoms. The van der Waals surface area contributed by atoms with Gasteiger partial charge in [-0.25, -0.2) is 4.98 Å². The quantitative estimate of drug-likeness (QED) is 0.902. The van der Waals surface area contributed by atoms with Crippen molar-refractivity contribution in [3.8, 4) is 0 Å². The molecule has 2 N–H and O–H groups in total. The van der Waals surface area contributed by atoms with E-state index in [1.807, 2.05) is 12.1 Å². The minimum absolute atomic E-state index is 0.630. The summed E-state index contributed by atoms with van der Waals surface area (Å²) in [5.41, 5.74) is 8.02. The predicted octanol–water partition coefficient (Wildman–Crippen LogP) is 1.37. The van der Waals surface area contributed by atoms with E-state index < -0.39 is 0 Å². The first-order chi connectivity index (χ1) is 10.2. The smallest absolute Gasteiger partial charge is 0.150 e. The Labute approximate surface area is 126 Å². The van der Waals surface area contributed by atoms with E-state index >= 15 is 0 Å². The number of hydrogen-bond donors (Lipinski definition) is 1. The molecule has 0 saturated carbocycles. The van der Waals surface area contributed by atoms with Gasteiger partial charge in [0, 0.05) is 32.3 Å². The topological polar surface area (TPSA) is 49.8 Å². The number of fused-ring (bicyclic) bond motifs is 1. The fourth-order valence-corrected chi connectivity index (χ4v) is 3.32. The zero-order valence-corrected chi connectivity index (χ0v) is 13.0. The van der Waals surface area contributed by atoms with Gasteiger partial charge in [-0.3, -0.25) is 0 Å². The van der Waals surface area contributed by atoms with Gasteiger partial charge in [0.25, 0.3) is 0 Å². The maximum Gasteiger partial charge on any atom is 0.150 e. The zero-order valence-electron chi connectivity index (χ0n) is 13.0. The lowest BCUT2D eigenvalue weighted by atomic mass is 10.2. The number of hydrogen-bond acceptors (Lipinski definition) is 4. The Morgan fingerprint density at radius 2 is 2.29 bits per heavy atom. The summed E-state index contributed by atoms with van der Waals surface area (Å²) in [6, 6.07) is 6.76. The highest BCUT2D eigenvalue weighted by Gasteiger charge is 2.24. The number of nitrogens with two attached hydrogens (primary N) is 1. The van der Waals surface area contributed by atoms with Gasteiger partial charge in [0.15, 0.2) is 5.82 Å². The molecule has 1 unspecified atom stereocenters. The van der Waals surface area contributed by atoms with E-state index in [4.69, 9.17) is 10.7 Å². The Morgan fingerprint density at radius 1 is 1.43 bits per heavy atom. The van der Waals surface area contributed by atoms with Crippen LogP contribution in [0.25, 0.3) is 5.65 Å². The van der Waals surface area contributed by atoms with Crippen LogP contribution in [0.3, 0.4) is 0 Å². The van der Waals surface area contributed by atoms with Gasteiger partial charge in [0.05, 0.1) is 5.69 Å². The summed E-state index contributed by atoms with van der Waals surface area (Å²) in [5, 5.41) is 0. The molecule has 3 heterocycles. The summed E-state index contributed by atoms with van der Waals surface area (Å²) >= 11 is 0. The number of likely N-dealkylation sites (tertiary alicyclic amines) is 1. The fourth-order valence-electron chi connectivity index (χ4n) is 3.32. The van der Waals surface area contributed by atoms with Crippen LogP contribution in [0.5, 0.6) is 0 Å². The maximum atomic E-state index is 5.80. The van der Waals surface area contributed by atoms with Crippen molar-refractivity contribution in [3.05, 3.63) is 30.1 Å². The maximum absolute atomic E-state index is 5.80. The Kier molecular flexibility index (Phi) is 4.12. The number of likely N-dealkylation sites (N-methyl/N-ethyl adjacent to an activating group) is 2. The molecule has 0 aliphatic carbocycles. The molecular weight excluding hydrogens is 262 g/mol. The number of nitrogens with zero attached hydrogens (tertiary/aromatic N) is 4. The van der Waals surface area contributed by atoms with Gasteiger partial charge in [-0.05, 0) is 45.1 Å². The predicted molar refractivity (Wildman–Crippen MR) is 86.9 cm³/mol. The number of aromatic nitrogens is 2. The molecule has 3 rings (SSSR count). The second-order valence-corrected chi connectivity index (χ2v) is 6.01. The van der Waals surface area contributed by atoms with Crippen LogP contribution in [0.4, 0.5) is 5.82 Å². The van der Waals surface area contributed by atoms with Gasteiger partial charge < -0.3 is 19.9 Å². The van der Waals surface area contributed by atoms with Gasteiger partial charge in [-0.15, -0.1) is 0 Å². The van der Waals surface area contributed by atoms with Crippen LogP contribution in [0.15, 0.2) is 24.4 Å². The van der Waals surface area contributed by atoms with Crippen molar-refractivity contribution in [1.29, 1.82) is 0 Å². The molecule has 21 heavy (non-hydrogen) atoms. The average Bonchev–Trinajstić information content (AvgIpc) is 3.04. The normalized spacial score (nSPS) is 19.5. The number of imidazole rings is 1. The Morgan fingerprint density at radius 3 is 3.00 bits per heavy atom. The lowest BCUT2D eigenvalue weighted by Crippen LogP contribution is -2.37. The SMILES string of the molecule is CN(CC1CCCN1C)c1nc2ccccn2c1CCN. The third kappa shape index (κ3) is 2.76. The third-order valence-corrected chi connectivity index (χ3v) is 4.51. The van der Waals surface area contributed by atoms with Gasteiger partial charge in [0.2, 0.25) is 0 Å². The molecule has 1 aliphatic rings. The standard InChI is InChI=1S/C16H25N5/c1-19-10-5-6-13(19)12-20(2)16-14(8-9-17)21-11-4-3-7-15(21)18-16/h3-4,7,11,13H,5-6,8-10,12,17H2,1-2H3. The van der Waals surface area contributed by atoms with Crippen LogP contribution >= 0.6 is 0 Å². The van der Waals surface area contributed by atoms with Crippen LogP contribution in [0.1, 0.15) is 18.5 Å². The number of pyridine rings is 1. The zero-order chi connectivity index (χ0) is 14.8. The van der Waals surface area contributed by atoms with Crippen LogP contribution < -0.4 is 10.6 Å². The summed E-state index contributed by atoms with van der Waals surface area (Å²) in [7, 11) is 4.37. The van der Waals surface area contributed by atoms with Crippen LogP contribution in [0, 0.1) is 0 Å². The van der Waals surface area contributed by atoms with E-state index in [1.54, 1.807) is 0 Å². The lowest BCUT2D eigenvalue weighted by molar-refractivity contribution is 0.314. The highest BCUT2D eigenvalue weighted by Crippen LogP contribution is 2.23. The van der Waals surface area contributed by atoms with Gasteiger partial charge >= 0.3 is 0 Å². The van der Waals surface area contributed by atoms with Crippen molar-refractivity contribution in [3.63, 3.8) is 0 Å². The fraction of sp³-hybridized carbons (Fsp3) is 0.562. The third-order valence-electron chi connectivity index (χ3n) is 4.51. The summed E-state index contributed by atoms with van der Waals surface area (Å²) in [5.74, 6) is 1.08. The highest BCUT2D eigenvalue weighted by molar-refractivity contribution is 5.55. The summed E-state index contributed by atoms with van der Waals surface area (Å²) in [4.78, 5) is 9.56. The lowest BCUT2D eigenvalue weighted by Gasteiger charge is -2.26. The Balaban J connectivity index is 1.89. The highest BCUT2D eigenvalue weighted by atomic mass is 15.3. The molecule has 1 fully saturated rings. The van der Waals surface area contributed by atoms with Crippen LogP contribution in [-0.2, 0) is 6.42 Å². The van der Waals surface area contributed by atoms with Crippen molar-refractivity contribution < 1.29 is 0 Å². The molecule has 114 valence electrons. The van der Waals surface area contributed by atoms with Gasteiger partial charge in [-0.2, -0.15) is 0 Å². The van der Waals surface area contributed by atoms with Crippen LogP contribution in [-0.4, -0.2) is 54.1 Å².